The van der Waals surface area contributed by atoms with Crippen LogP contribution in [0, 0.1) is 0 Å². The van der Waals surface area contributed by atoms with Gasteiger partial charge in [-0.05, 0) is 51.4 Å². The molecule has 278 valence electrons. The van der Waals surface area contributed by atoms with E-state index >= 15 is 0 Å². The molecule has 5 heteroatoms. The predicted octanol–water partition coefficient (Wildman–Crippen LogP) is 12.6. The molecule has 5 nitrogen and oxygen atoms in total. The van der Waals surface area contributed by atoms with E-state index in [1.165, 1.54) is 116 Å². The summed E-state index contributed by atoms with van der Waals surface area (Å²) < 4.78 is 10.3. The van der Waals surface area contributed by atoms with Gasteiger partial charge in [0.1, 0.15) is 19.3 Å². The molecule has 0 aromatic carbocycles. The highest BCUT2D eigenvalue weighted by Gasteiger charge is 2.12. The smallest absolute Gasteiger partial charge is 0.305 e. The Hall–Kier alpha value is -2.14. The van der Waals surface area contributed by atoms with Crippen LogP contribution in [-0.2, 0) is 19.1 Å². The maximum Gasteiger partial charge on any atom is 0.305 e. The third-order valence-electron chi connectivity index (χ3n) is 8.57. The summed E-state index contributed by atoms with van der Waals surface area (Å²) in [6.45, 7) is 4.23. The fraction of sp³-hybridized carbons (Fsp3) is 0.767. The van der Waals surface area contributed by atoms with Gasteiger partial charge >= 0.3 is 11.9 Å². The molecule has 0 aromatic rings. The zero-order chi connectivity index (χ0) is 35.0. The van der Waals surface area contributed by atoms with Crippen LogP contribution in [0.25, 0.3) is 0 Å². The Morgan fingerprint density at radius 2 is 0.750 bits per heavy atom. The monoisotopic (exact) mass is 673 g/mol. The molecule has 0 aromatic heterocycles. The molecule has 0 saturated heterocycles. The quantitative estimate of drug-likeness (QED) is 0.0407. The second-order valence-corrected chi connectivity index (χ2v) is 13.4. The van der Waals surface area contributed by atoms with Crippen LogP contribution in [0.5, 0.6) is 0 Å². The molecule has 0 aliphatic rings. The zero-order valence-corrected chi connectivity index (χ0v) is 31.5. The lowest BCUT2D eigenvalue weighted by atomic mass is 10.0. The third kappa shape index (κ3) is 38.3. The van der Waals surface area contributed by atoms with Gasteiger partial charge in [0.25, 0.3) is 0 Å². The van der Waals surface area contributed by atoms with Gasteiger partial charge in [-0.25, -0.2) is 0 Å². The predicted molar refractivity (Wildman–Crippen MR) is 205 cm³/mol. The second-order valence-electron chi connectivity index (χ2n) is 13.4. The van der Waals surface area contributed by atoms with Crippen molar-refractivity contribution in [2.24, 2.45) is 0 Å². The Kier molecular flexibility index (Phi) is 37.5. The number of aliphatic hydroxyl groups excluding tert-OH is 1. The van der Waals surface area contributed by atoms with E-state index in [2.05, 4.69) is 62.5 Å². The summed E-state index contributed by atoms with van der Waals surface area (Å²) in [5.41, 5.74) is 0. The third-order valence-corrected chi connectivity index (χ3v) is 8.57. The summed E-state index contributed by atoms with van der Waals surface area (Å²) in [6.07, 6.45) is 48.8. The van der Waals surface area contributed by atoms with Crippen LogP contribution < -0.4 is 0 Å². The normalized spacial score (nSPS) is 12.6. The molecule has 0 bridgehead atoms. The number of aliphatic hydroxyl groups is 1. The lowest BCUT2D eigenvalue weighted by molar-refractivity contribution is -0.152. The first-order chi connectivity index (χ1) is 23.6. The van der Waals surface area contributed by atoms with E-state index in [1.54, 1.807) is 0 Å². The summed E-state index contributed by atoms with van der Waals surface area (Å²) in [4.78, 5) is 23.9. The Morgan fingerprint density at radius 1 is 0.438 bits per heavy atom. The fourth-order valence-corrected chi connectivity index (χ4v) is 5.49. The minimum absolute atomic E-state index is 0.132. The fourth-order valence-electron chi connectivity index (χ4n) is 5.49. The topological polar surface area (TPSA) is 72.8 Å². The lowest BCUT2D eigenvalue weighted by Gasteiger charge is -2.12. The van der Waals surface area contributed by atoms with Gasteiger partial charge in [-0.3, -0.25) is 9.59 Å². The van der Waals surface area contributed by atoms with Gasteiger partial charge < -0.3 is 14.6 Å². The van der Waals surface area contributed by atoms with E-state index in [1.807, 2.05) is 0 Å². The molecule has 48 heavy (non-hydrogen) atoms. The van der Waals surface area contributed by atoms with Crippen LogP contribution in [0.2, 0.25) is 0 Å². The number of esters is 2. The molecule has 0 spiro atoms. The summed E-state index contributed by atoms with van der Waals surface area (Å²) in [5, 5.41) is 10.0. The van der Waals surface area contributed by atoms with E-state index in [0.717, 1.165) is 44.9 Å². The first-order valence-electron chi connectivity index (χ1n) is 20.2. The van der Waals surface area contributed by atoms with Crippen molar-refractivity contribution in [3.8, 4) is 0 Å². The Labute approximate surface area is 297 Å². The zero-order valence-electron chi connectivity index (χ0n) is 31.5. The van der Waals surface area contributed by atoms with E-state index in [-0.39, 0.29) is 25.2 Å². The van der Waals surface area contributed by atoms with Crippen LogP contribution >= 0.6 is 0 Å². The van der Waals surface area contributed by atoms with E-state index in [4.69, 9.17) is 9.47 Å². The van der Waals surface area contributed by atoms with Crippen LogP contribution in [0.3, 0.4) is 0 Å². The Balaban J connectivity index is 3.51. The molecular formula is C43H76O5. The van der Waals surface area contributed by atoms with Crippen molar-refractivity contribution in [1.82, 2.24) is 0 Å². The molecule has 0 unspecified atom stereocenters. The van der Waals surface area contributed by atoms with Crippen molar-refractivity contribution in [3.63, 3.8) is 0 Å². The van der Waals surface area contributed by atoms with Crippen molar-refractivity contribution < 1.29 is 24.2 Å². The average molecular weight is 673 g/mol. The van der Waals surface area contributed by atoms with Crippen LogP contribution in [0.1, 0.15) is 194 Å². The van der Waals surface area contributed by atoms with Crippen LogP contribution in [0.4, 0.5) is 0 Å². The number of hydrogen-bond donors (Lipinski definition) is 1. The van der Waals surface area contributed by atoms with Crippen molar-refractivity contribution in [2.45, 2.75) is 200 Å². The molecule has 0 amide bonds. The number of carbonyl (C=O) groups excluding carboxylic acids is 2. The molecule has 0 fully saturated rings. The van der Waals surface area contributed by atoms with Crippen LogP contribution in [0.15, 0.2) is 48.6 Å². The molecule has 0 radical (unpaired) electrons. The summed E-state index contributed by atoms with van der Waals surface area (Å²) in [6, 6.07) is 0. The van der Waals surface area contributed by atoms with Gasteiger partial charge in [0.05, 0.1) is 0 Å². The molecule has 0 aliphatic carbocycles. The number of hydrogen-bond acceptors (Lipinski definition) is 5. The average Bonchev–Trinajstić information content (AvgIpc) is 3.09. The summed E-state index contributed by atoms with van der Waals surface area (Å²) in [7, 11) is 0. The molecule has 1 atom stereocenters. The first kappa shape index (κ1) is 45.9. The Bertz CT molecular complexity index is 812. The number of ether oxygens (including phenoxy) is 2. The first-order valence-corrected chi connectivity index (χ1v) is 20.2. The number of rotatable bonds is 36. The minimum Gasteiger partial charge on any atom is -0.463 e. The van der Waals surface area contributed by atoms with E-state index < -0.39 is 6.10 Å². The largest absolute Gasteiger partial charge is 0.463 e. The van der Waals surface area contributed by atoms with Crippen molar-refractivity contribution >= 4 is 11.9 Å². The lowest BCUT2D eigenvalue weighted by Crippen LogP contribution is -2.25. The van der Waals surface area contributed by atoms with Crippen molar-refractivity contribution in [2.75, 3.05) is 13.2 Å². The van der Waals surface area contributed by atoms with Crippen LogP contribution in [-0.4, -0.2) is 36.4 Å². The SMILES string of the molecule is CCCCC/C=C\C/C=C\C/C=C\C/C=C\CCCC(=O)OC[C@H](O)COC(=O)CCCCCCCCCCCCCCCCCCC. The van der Waals surface area contributed by atoms with Crippen molar-refractivity contribution in [1.29, 1.82) is 0 Å². The summed E-state index contributed by atoms with van der Waals surface area (Å²) in [5.74, 6) is -0.625. The van der Waals surface area contributed by atoms with Gasteiger partial charge in [0, 0.05) is 12.8 Å². The standard InChI is InChI=1S/C43H76O5/c1-3-5-7-9-11-13-15-17-19-21-23-25-27-29-31-33-35-37-42(45)47-39-41(44)40-48-43(46)38-36-34-32-30-28-26-24-22-20-18-16-14-12-10-8-6-4-2/h11,13,17,19,23,25,29,31,41,44H,3-10,12,14-16,18,20-22,24,26-28,30,32-40H2,1-2H3/b13-11-,19-17-,25-23-,31-29-/t41-/m0/s1. The maximum atomic E-state index is 12.0. The molecule has 0 heterocycles. The summed E-state index contributed by atoms with van der Waals surface area (Å²) >= 11 is 0. The number of carbonyl (C=O) groups is 2. The maximum absolute atomic E-state index is 12.0. The van der Waals surface area contributed by atoms with Gasteiger partial charge in [-0.2, -0.15) is 0 Å². The Morgan fingerprint density at radius 3 is 1.17 bits per heavy atom. The minimum atomic E-state index is -0.984. The molecular weight excluding hydrogens is 596 g/mol. The van der Waals surface area contributed by atoms with Crippen molar-refractivity contribution in [3.05, 3.63) is 48.6 Å². The molecule has 1 N–H and O–H groups in total. The van der Waals surface area contributed by atoms with Gasteiger partial charge in [0.2, 0.25) is 0 Å². The van der Waals surface area contributed by atoms with E-state index in [9.17, 15) is 14.7 Å². The highest BCUT2D eigenvalue weighted by molar-refractivity contribution is 5.69. The van der Waals surface area contributed by atoms with Gasteiger partial charge in [-0.15, -0.1) is 0 Å². The van der Waals surface area contributed by atoms with Gasteiger partial charge in [0.15, 0.2) is 0 Å². The number of unbranched alkanes of at least 4 members (excludes halogenated alkanes) is 20. The van der Waals surface area contributed by atoms with Gasteiger partial charge in [-0.1, -0.05) is 178 Å². The number of allylic oxidation sites excluding steroid dienone is 8. The molecule has 0 aliphatic heterocycles. The van der Waals surface area contributed by atoms with E-state index in [0.29, 0.717) is 19.3 Å². The second kappa shape index (κ2) is 39.3. The highest BCUT2D eigenvalue weighted by atomic mass is 16.6. The molecule has 0 rings (SSSR count). The molecule has 0 saturated carbocycles. The highest BCUT2D eigenvalue weighted by Crippen LogP contribution is 2.14.